The zero-order valence-electron chi connectivity index (χ0n) is 12.3. The highest BCUT2D eigenvalue weighted by Crippen LogP contribution is 2.26. The lowest BCUT2D eigenvalue weighted by molar-refractivity contribution is -0.385. The van der Waals surface area contributed by atoms with E-state index in [1.54, 1.807) is 13.8 Å². The molecule has 120 valence electrons. The predicted octanol–water partition coefficient (Wildman–Crippen LogP) is 1.65. The number of hydrogen-bond donors (Lipinski definition) is 2. The smallest absolute Gasteiger partial charge is 0.270 e. The molecule has 0 fully saturated rings. The number of nitrogens with one attached hydrogen (secondary N) is 1. The van der Waals surface area contributed by atoms with Crippen molar-refractivity contribution < 1.29 is 13.3 Å². The molecule has 0 saturated carbocycles. The van der Waals surface area contributed by atoms with E-state index in [0.29, 0.717) is 11.1 Å². The van der Waals surface area contributed by atoms with Crippen molar-refractivity contribution in [3.63, 3.8) is 0 Å². The maximum atomic E-state index is 12.4. The Morgan fingerprint density at radius 3 is 2.05 bits per heavy atom. The van der Waals surface area contributed by atoms with Crippen LogP contribution in [0.4, 0.5) is 5.69 Å². The van der Waals surface area contributed by atoms with Crippen LogP contribution in [0, 0.1) is 24.0 Å². The molecule has 0 heterocycles. The molecule has 0 aliphatic rings. The lowest BCUT2D eigenvalue weighted by Crippen LogP contribution is -2.48. The molecule has 1 aromatic carbocycles. The fraction of sp³-hybridized carbons (Fsp3) is 0.500. The molecule has 1 aromatic rings. The molecule has 0 unspecified atom stereocenters. The topological polar surface area (TPSA) is 115 Å². The second-order valence-electron chi connectivity index (χ2n) is 5.36. The van der Waals surface area contributed by atoms with Gasteiger partial charge in [0.2, 0.25) is 10.0 Å². The van der Waals surface area contributed by atoms with Crippen molar-refractivity contribution >= 4 is 28.1 Å². The number of sulfonamides is 1. The van der Waals surface area contributed by atoms with Crippen molar-refractivity contribution in [2.75, 3.05) is 6.54 Å². The monoisotopic (exact) mass is 337 g/mol. The first-order chi connectivity index (χ1) is 9.00. The van der Waals surface area contributed by atoms with Crippen molar-refractivity contribution in [2.45, 2.75) is 38.1 Å². The summed E-state index contributed by atoms with van der Waals surface area (Å²) in [6, 6.07) is 2.49. The van der Waals surface area contributed by atoms with Crippen molar-refractivity contribution in [3.8, 4) is 0 Å². The Morgan fingerprint density at radius 2 is 1.71 bits per heavy atom. The van der Waals surface area contributed by atoms with Gasteiger partial charge in [-0.2, -0.15) is 0 Å². The maximum absolute atomic E-state index is 12.4. The van der Waals surface area contributed by atoms with Crippen LogP contribution < -0.4 is 10.5 Å². The third kappa shape index (κ3) is 4.63. The van der Waals surface area contributed by atoms with E-state index in [1.165, 1.54) is 26.0 Å². The molecule has 1 rings (SSSR count). The molecule has 0 spiro atoms. The Kier molecular flexibility index (Phi) is 6.31. The van der Waals surface area contributed by atoms with Crippen LogP contribution in [0.3, 0.4) is 0 Å². The molecule has 0 aliphatic carbocycles. The van der Waals surface area contributed by atoms with E-state index in [4.69, 9.17) is 5.73 Å². The summed E-state index contributed by atoms with van der Waals surface area (Å²) in [5.41, 5.74) is 5.26. The molecule has 7 nitrogen and oxygen atoms in total. The van der Waals surface area contributed by atoms with E-state index in [-0.39, 0.29) is 29.5 Å². The summed E-state index contributed by atoms with van der Waals surface area (Å²) < 4.78 is 27.3. The van der Waals surface area contributed by atoms with Gasteiger partial charge in [0, 0.05) is 24.2 Å². The van der Waals surface area contributed by atoms with Crippen LogP contribution in [0.15, 0.2) is 17.0 Å². The van der Waals surface area contributed by atoms with Crippen molar-refractivity contribution in [1.82, 2.24) is 4.72 Å². The van der Waals surface area contributed by atoms with E-state index >= 15 is 0 Å². The molecule has 0 radical (unpaired) electrons. The SMILES string of the molecule is Cc1cc([N+](=O)[O-])cc(C)c1S(=O)(=O)NC(C)(C)CN.Cl. The minimum Gasteiger partial charge on any atom is -0.329 e. The van der Waals surface area contributed by atoms with Gasteiger partial charge in [0.05, 0.1) is 9.82 Å². The predicted molar refractivity (Wildman–Crippen MR) is 83.3 cm³/mol. The van der Waals surface area contributed by atoms with E-state index in [2.05, 4.69) is 4.72 Å². The lowest BCUT2D eigenvalue weighted by Gasteiger charge is -2.25. The molecule has 0 atom stereocenters. The Bertz CT molecular complexity index is 621. The molecule has 0 bridgehead atoms. The molecular formula is C12H20ClN3O4S. The summed E-state index contributed by atoms with van der Waals surface area (Å²) in [4.78, 5) is 10.3. The average Bonchev–Trinajstić information content (AvgIpc) is 2.25. The van der Waals surface area contributed by atoms with Crippen molar-refractivity contribution in [2.24, 2.45) is 5.73 Å². The second-order valence-corrected chi connectivity index (χ2v) is 6.98. The Morgan fingerprint density at radius 1 is 1.29 bits per heavy atom. The minimum absolute atomic E-state index is 0. The Hall–Kier alpha value is -1.22. The summed E-state index contributed by atoms with van der Waals surface area (Å²) in [5.74, 6) is 0. The standard InChI is InChI=1S/C12H19N3O4S.ClH/c1-8-5-10(15(16)17)6-9(2)11(8)20(18,19)14-12(3,4)7-13;/h5-6,14H,7,13H2,1-4H3;1H. The highest BCUT2D eigenvalue weighted by Gasteiger charge is 2.28. The average molecular weight is 338 g/mol. The zero-order chi connectivity index (χ0) is 15.7. The molecular weight excluding hydrogens is 318 g/mol. The number of rotatable bonds is 5. The summed E-state index contributed by atoms with van der Waals surface area (Å²) in [6.07, 6.45) is 0. The number of hydrogen-bond acceptors (Lipinski definition) is 5. The van der Waals surface area contributed by atoms with Gasteiger partial charge in [-0.3, -0.25) is 10.1 Å². The normalized spacial score (nSPS) is 11.9. The van der Waals surface area contributed by atoms with Crippen LogP contribution >= 0.6 is 12.4 Å². The van der Waals surface area contributed by atoms with Gasteiger partial charge in [-0.25, -0.2) is 13.1 Å². The summed E-state index contributed by atoms with van der Waals surface area (Å²) >= 11 is 0. The molecule has 0 aliphatic heterocycles. The largest absolute Gasteiger partial charge is 0.329 e. The zero-order valence-corrected chi connectivity index (χ0v) is 14.0. The number of halogens is 1. The Labute approximate surface area is 130 Å². The van der Waals surface area contributed by atoms with Gasteiger partial charge in [0.25, 0.3) is 5.69 Å². The highest BCUT2D eigenvalue weighted by atomic mass is 35.5. The maximum Gasteiger partial charge on any atom is 0.270 e. The highest BCUT2D eigenvalue weighted by molar-refractivity contribution is 7.89. The Balaban J connectivity index is 0.00000400. The first-order valence-corrected chi connectivity index (χ1v) is 7.48. The molecule has 0 saturated heterocycles. The first-order valence-electron chi connectivity index (χ1n) is 6.00. The van der Waals surface area contributed by atoms with Gasteiger partial charge < -0.3 is 5.73 Å². The molecule has 21 heavy (non-hydrogen) atoms. The molecule has 0 aromatic heterocycles. The minimum atomic E-state index is -3.79. The van der Waals surface area contributed by atoms with Gasteiger partial charge in [0.1, 0.15) is 0 Å². The first kappa shape index (κ1) is 19.8. The van der Waals surface area contributed by atoms with E-state index in [9.17, 15) is 18.5 Å². The van der Waals surface area contributed by atoms with Crippen molar-refractivity contribution in [3.05, 3.63) is 33.4 Å². The third-order valence-electron chi connectivity index (χ3n) is 2.85. The van der Waals surface area contributed by atoms with E-state index in [1.807, 2.05) is 0 Å². The quantitative estimate of drug-likeness (QED) is 0.626. The van der Waals surface area contributed by atoms with Crippen LogP contribution in [-0.2, 0) is 10.0 Å². The number of nitro benzene ring substituents is 1. The number of aryl methyl sites for hydroxylation is 2. The van der Waals surface area contributed by atoms with E-state index in [0.717, 1.165) is 0 Å². The summed E-state index contributed by atoms with van der Waals surface area (Å²) in [6.45, 7) is 6.53. The van der Waals surface area contributed by atoms with Gasteiger partial charge in [-0.15, -0.1) is 12.4 Å². The van der Waals surface area contributed by atoms with Crippen LogP contribution in [0.1, 0.15) is 25.0 Å². The van der Waals surface area contributed by atoms with E-state index < -0.39 is 20.5 Å². The lowest BCUT2D eigenvalue weighted by atomic mass is 10.1. The van der Waals surface area contributed by atoms with Gasteiger partial charge in [-0.05, 0) is 38.8 Å². The molecule has 9 heteroatoms. The molecule has 3 N–H and O–H groups in total. The van der Waals surface area contributed by atoms with Gasteiger partial charge in [0.15, 0.2) is 0 Å². The fourth-order valence-electron chi connectivity index (χ4n) is 1.91. The third-order valence-corrected chi connectivity index (χ3v) is 4.85. The van der Waals surface area contributed by atoms with Crippen LogP contribution in [-0.4, -0.2) is 25.4 Å². The molecule has 0 amide bonds. The number of benzene rings is 1. The van der Waals surface area contributed by atoms with Gasteiger partial charge in [-0.1, -0.05) is 0 Å². The summed E-state index contributed by atoms with van der Waals surface area (Å²) in [5, 5.41) is 10.8. The number of nitro groups is 1. The van der Waals surface area contributed by atoms with Crippen LogP contribution in [0.5, 0.6) is 0 Å². The van der Waals surface area contributed by atoms with Gasteiger partial charge >= 0.3 is 0 Å². The van der Waals surface area contributed by atoms with Crippen LogP contribution in [0.2, 0.25) is 0 Å². The number of nitrogens with two attached hydrogens (primary N) is 1. The second kappa shape index (κ2) is 6.69. The fourth-order valence-corrected chi connectivity index (χ4v) is 3.79. The number of nitrogens with zero attached hydrogens (tertiary/aromatic N) is 1. The van der Waals surface area contributed by atoms with Crippen LogP contribution in [0.25, 0.3) is 0 Å². The number of non-ortho nitro benzene ring substituents is 1. The van der Waals surface area contributed by atoms with Crippen molar-refractivity contribution in [1.29, 1.82) is 0 Å². The summed E-state index contributed by atoms with van der Waals surface area (Å²) in [7, 11) is -3.79.